The Morgan fingerprint density at radius 2 is 2.10 bits per heavy atom. The zero-order valence-electron chi connectivity index (χ0n) is 12.1. The van der Waals surface area contributed by atoms with Gasteiger partial charge in [0.05, 0.1) is 24.0 Å². The fourth-order valence-electron chi connectivity index (χ4n) is 2.57. The molecular weight excluding hydrogens is 272 g/mol. The summed E-state index contributed by atoms with van der Waals surface area (Å²) in [5.74, 6) is -0.439. The van der Waals surface area contributed by atoms with Crippen LogP contribution in [-0.4, -0.2) is 44.9 Å². The number of aromatic nitrogens is 2. The smallest absolute Gasteiger partial charge is 0.309 e. The van der Waals surface area contributed by atoms with E-state index in [1.807, 2.05) is 11.8 Å². The highest BCUT2D eigenvalue weighted by Crippen LogP contribution is 2.27. The number of likely N-dealkylation sites (tertiary alicyclic amines) is 1. The third-order valence-corrected chi connectivity index (χ3v) is 3.78. The lowest BCUT2D eigenvalue weighted by molar-refractivity contribution is -0.136. The predicted molar refractivity (Wildman–Crippen MR) is 76.6 cm³/mol. The number of anilines is 1. The van der Waals surface area contributed by atoms with Crippen LogP contribution in [0.1, 0.15) is 43.5 Å². The molecule has 0 aliphatic carbocycles. The summed E-state index contributed by atoms with van der Waals surface area (Å²) >= 11 is 0. The minimum atomic E-state index is -0.975. The van der Waals surface area contributed by atoms with Gasteiger partial charge in [0.15, 0.2) is 0 Å². The van der Waals surface area contributed by atoms with Gasteiger partial charge in [0, 0.05) is 25.4 Å². The average molecular weight is 292 g/mol. The van der Waals surface area contributed by atoms with E-state index < -0.39 is 5.97 Å². The van der Waals surface area contributed by atoms with E-state index in [4.69, 9.17) is 10.8 Å². The molecule has 7 heteroatoms. The van der Waals surface area contributed by atoms with Crippen LogP contribution in [0.2, 0.25) is 0 Å². The molecule has 2 heterocycles. The highest BCUT2D eigenvalue weighted by atomic mass is 16.4. The molecule has 1 aromatic rings. The fourth-order valence-corrected chi connectivity index (χ4v) is 2.57. The number of hydrogen-bond donors (Lipinski definition) is 2. The highest BCUT2D eigenvalue weighted by Gasteiger charge is 2.24. The summed E-state index contributed by atoms with van der Waals surface area (Å²) in [4.78, 5) is 32.7. The summed E-state index contributed by atoms with van der Waals surface area (Å²) in [5.41, 5.74) is 6.74. The van der Waals surface area contributed by atoms with Gasteiger partial charge < -0.3 is 15.7 Å². The normalized spacial score (nSPS) is 16.0. The number of carboxylic acid groups (broad SMARTS) is 1. The molecule has 3 N–H and O–H groups in total. The number of aliphatic carboxylic acids is 1. The maximum Gasteiger partial charge on any atom is 0.309 e. The monoisotopic (exact) mass is 292 g/mol. The van der Waals surface area contributed by atoms with Crippen molar-refractivity contribution in [2.24, 2.45) is 0 Å². The molecule has 1 fully saturated rings. The first-order valence-electron chi connectivity index (χ1n) is 7.12. The number of nitrogens with two attached hydrogens (primary N) is 1. The van der Waals surface area contributed by atoms with Crippen molar-refractivity contribution < 1.29 is 14.7 Å². The first kappa shape index (κ1) is 15.2. The Morgan fingerprint density at radius 1 is 1.43 bits per heavy atom. The number of nitrogens with zero attached hydrogens (tertiary/aromatic N) is 3. The number of hydrogen-bond acceptors (Lipinski definition) is 5. The van der Waals surface area contributed by atoms with Crippen molar-refractivity contribution in [1.82, 2.24) is 14.9 Å². The number of amides is 1. The van der Waals surface area contributed by atoms with E-state index in [9.17, 15) is 9.59 Å². The van der Waals surface area contributed by atoms with Crippen LogP contribution < -0.4 is 5.73 Å². The molecule has 21 heavy (non-hydrogen) atoms. The quantitative estimate of drug-likeness (QED) is 0.849. The molecular formula is C14H20N4O3. The molecule has 0 spiro atoms. The molecule has 0 radical (unpaired) electrons. The van der Waals surface area contributed by atoms with Crippen LogP contribution in [0.5, 0.6) is 0 Å². The Balaban J connectivity index is 2.06. The van der Waals surface area contributed by atoms with Crippen LogP contribution >= 0.6 is 0 Å². The molecule has 1 aliphatic heterocycles. The second kappa shape index (κ2) is 6.51. The van der Waals surface area contributed by atoms with Crippen LogP contribution in [0.4, 0.5) is 5.82 Å². The zero-order chi connectivity index (χ0) is 15.4. The molecule has 2 rings (SSSR count). The van der Waals surface area contributed by atoms with Crippen LogP contribution in [-0.2, 0) is 16.0 Å². The number of carbonyl (C=O) groups is 2. The largest absolute Gasteiger partial charge is 0.481 e. The fraction of sp³-hybridized carbons (Fsp3) is 0.571. The van der Waals surface area contributed by atoms with Gasteiger partial charge in [0.2, 0.25) is 5.91 Å². The van der Waals surface area contributed by atoms with Gasteiger partial charge in [-0.15, -0.1) is 0 Å². The van der Waals surface area contributed by atoms with Crippen molar-refractivity contribution >= 4 is 17.7 Å². The van der Waals surface area contributed by atoms with Crippen molar-refractivity contribution in [2.45, 2.75) is 38.5 Å². The van der Waals surface area contributed by atoms with Crippen molar-refractivity contribution in [3.05, 3.63) is 17.6 Å². The number of piperidine rings is 1. The van der Waals surface area contributed by atoms with Gasteiger partial charge in [-0.2, -0.15) is 0 Å². The van der Waals surface area contributed by atoms with Gasteiger partial charge in [-0.25, -0.2) is 4.98 Å². The molecule has 0 aromatic carbocycles. The highest BCUT2D eigenvalue weighted by molar-refractivity contribution is 5.75. The lowest BCUT2D eigenvalue weighted by Crippen LogP contribution is -2.37. The Bertz CT molecular complexity index is 539. The van der Waals surface area contributed by atoms with E-state index in [0.29, 0.717) is 25.2 Å². The van der Waals surface area contributed by atoms with Crippen molar-refractivity contribution in [3.63, 3.8) is 0 Å². The molecule has 0 bridgehead atoms. The maximum atomic E-state index is 11.6. The van der Waals surface area contributed by atoms with Crippen LogP contribution in [0.3, 0.4) is 0 Å². The van der Waals surface area contributed by atoms with Crippen LogP contribution in [0.25, 0.3) is 0 Å². The van der Waals surface area contributed by atoms with Gasteiger partial charge >= 0.3 is 5.97 Å². The Labute approximate surface area is 123 Å². The van der Waals surface area contributed by atoms with Crippen molar-refractivity contribution in [2.75, 3.05) is 18.8 Å². The van der Waals surface area contributed by atoms with Gasteiger partial charge in [0.25, 0.3) is 0 Å². The van der Waals surface area contributed by atoms with E-state index in [1.165, 1.54) is 0 Å². The number of carboxylic acids is 1. The number of carbonyl (C=O) groups excluding carboxylic acids is 1. The lowest BCUT2D eigenvalue weighted by Gasteiger charge is -2.31. The second-order valence-corrected chi connectivity index (χ2v) is 5.21. The Kier molecular flexibility index (Phi) is 4.72. The minimum Gasteiger partial charge on any atom is -0.481 e. The number of rotatable bonds is 4. The van der Waals surface area contributed by atoms with Crippen LogP contribution in [0.15, 0.2) is 6.20 Å². The topological polar surface area (TPSA) is 109 Å². The molecule has 0 saturated carbocycles. The van der Waals surface area contributed by atoms with Crippen molar-refractivity contribution in [1.29, 1.82) is 0 Å². The lowest BCUT2D eigenvalue weighted by atomic mass is 9.93. The summed E-state index contributed by atoms with van der Waals surface area (Å²) in [5, 5.41) is 8.85. The van der Waals surface area contributed by atoms with E-state index >= 15 is 0 Å². The first-order chi connectivity index (χ1) is 10.0. The van der Waals surface area contributed by atoms with E-state index in [0.717, 1.165) is 18.5 Å². The molecule has 0 unspecified atom stereocenters. The van der Waals surface area contributed by atoms with Crippen molar-refractivity contribution in [3.8, 4) is 0 Å². The maximum absolute atomic E-state index is 11.6. The summed E-state index contributed by atoms with van der Waals surface area (Å²) in [6.45, 7) is 3.27. The second-order valence-electron chi connectivity index (χ2n) is 5.21. The summed E-state index contributed by atoms with van der Waals surface area (Å²) in [7, 11) is 0. The van der Waals surface area contributed by atoms with Gasteiger partial charge in [-0.3, -0.25) is 14.6 Å². The SMILES string of the molecule is CCC(=O)N1CCC(c2cnc(N)c(CC(=O)O)n2)CC1. The average Bonchev–Trinajstić information content (AvgIpc) is 2.48. The molecule has 7 nitrogen and oxygen atoms in total. The van der Waals surface area contributed by atoms with E-state index in [1.54, 1.807) is 6.20 Å². The molecule has 1 amide bonds. The Morgan fingerprint density at radius 3 is 2.67 bits per heavy atom. The zero-order valence-corrected chi connectivity index (χ0v) is 12.1. The molecule has 1 aliphatic rings. The summed E-state index contributed by atoms with van der Waals surface area (Å²) in [6.07, 6.45) is 3.55. The third-order valence-electron chi connectivity index (χ3n) is 3.78. The standard InChI is InChI=1S/C14H20N4O3/c1-2-12(19)18-5-3-9(4-6-18)11-8-16-14(15)10(17-11)7-13(20)21/h8-9H,2-7H2,1H3,(H2,15,16)(H,20,21). The first-order valence-corrected chi connectivity index (χ1v) is 7.12. The summed E-state index contributed by atoms with van der Waals surface area (Å²) < 4.78 is 0. The van der Waals surface area contributed by atoms with E-state index in [2.05, 4.69) is 9.97 Å². The Hall–Kier alpha value is -2.18. The van der Waals surface area contributed by atoms with Crippen LogP contribution in [0, 0.1) is 0 Å². The minimum absolute atomic E-state index is 0.166. The van der Waals surface area contributed by atoms with E-state index in [-0.39, 0.29) is 24.1 Å². The van der Waals surface area contributed by atoms with Gasteiger partial charge in [-0.1, -0.05) is 6.92 Å². The molecule has 1 aromatic heterocycles. The third kappa shape index (κ3) is 3.68. The van der Waals surface area contributed by atoms with Gasteiger partial charge in [-0.05, 0) is 12.8 Å². The molecule has 1 saturated heterocycles. The predicted octanol–water partition coefficient (Wildman–Crippen LogP) is 0.802. The molecule has 0 atom stereocenters. The molecule has 114 valence electrons. The van der Waals surface area contributed by atoms with Gasteiger partial charge in [0.1, 0.15) is 5.82 Å². The number of nitrogen functional groups attached to an aromatic ring is 1. The summed E-state index contributed by atoms with van der Waals surface area (Å²) in [6, 6.07) is 0.